The third kappa shape index (κ3) is 3.91. The minimum absolute atomic E-state index is 0.131. The summed E-state index contributed by atoms with van der Waals surface area (Å²) in [4.78, 5) is 0. The van der Waals surface area contributed by atoms with Crippen molar-refractivity contribution in [2.24, 2.45) is 0 Å². The van der Waals surface area contributed by atoms with Crippen molar-refractivity contribution in [2.45, 2.75) is 25.0 Å². The Morgan fingerprint density at radius 3 is 2.61 bits per heavy atom. The van der Waals surface area contributed by atoms with Crippen molar-refractivity contribution in [1.29, 1.82) is 5.26 Å². The molecule has 2 aromatic heterocycles. The molecule has 2 aromatic carbocycles. The van der Waals surface area contributed by atoms with E-state index < -0.39 is 23.2 Å². The smallest absolute Gasteiger partial charge is 0.143 e. The van der Waals surface area contributed by atoms with Gasteiger partial charge in [0, 0.05) is 23.3 Å². The van der Waals surface area contributed by atoms with E-state index in [0.29, 0.717) is 22.9 Å². The molecule has 8 nitrogen and oxygen atoms in total. The second kappa shape index (κ2) is 8.04. The highest BCUT2D eigenvalue weighted by Crippen LogP contribution is 2.40. The Morgan fingerprint density at radius 1 is 1.19 bits per heavy atom. The van der Waals surface area contributed by atoms with E-state index in [0.717, 1.165) is 6.07 Å². The number of nitriles is 1. The van der Waals surface area contributed by atoms with E-state index in [1.807, 2.05) is 6.07 Å². The molecular formula is C21H16F2N6O2. The highest BCUT2D eigenvalue weighted by molar-refractivity contribution is 5.60. The fourth-order valence-corrected chi connectivity index (χ4v) is 3.38. The van der Waals surface area contributed by atoms with Gasteiger partial charge >= 0.3 is 0 Å². The number of hydrogen-bond acceptors (Lipinski definition) is 7. The van der Waals surface area contributed by atoms with Crippen LogP contribution < -0.4 is 0 Å². The van der Waals surface area contributed by atoms with Gasteiger partial charge in [0.25, 0.3) is 0 Å². The first kappa shape index (κ1) is 20.3. The van der Waals surface area contributed by atoms with Gasteiger partial charge in [-0.3, -0.25) is 0 Å². The summed E-state index contributed by atoms with van der Waals surface area (Å²) in [7, 11) is 0. The summed E-state index contributed by atoms with van der Waals surface area (Å²) in [6.45, 7) is 1.42. The van der Waals surface area contributed by atoms with Gasteiger partial charge in [-0.2, -0.15) is 5.26 Å². The molecule has 0 spiro atoms. The molecule has 4 aromatic rings. The Kier molecular flexibility index (Phi) is 5.27. The molecule has 0 aliphatic carbocycles. The Bertz CT molecular complexity index is 1230. The lowest BCUT2D eigenvalue weighted by Gasteiger charge is -2.33. The molecule has 0 radical (unpaired) electrons. The third-order valence-electron chi connectivity index (χ3n) is 5.17. The summed E-state index contributed by atoms with van der Waals surface area (Å²) in [5.41, 5.74) is -0.320. The third-order valence-corrected chi connectivity index (χ3v) is 5.17. The van der Waals surface area contributed by atoms with Crippen molar-refractivity contribution >= 4 is 0 Å². The van der Waals surface area contributed by atoms with Crippen LogP contribution in [0.25, 0.3) is 11.3 Å². The van der Waals surface area contributed by atoms with E-state index in [1.54, 1.807) is 37.3 Å². The lowest BCUT2D eigenvalue weighted by molar-refractivity contribution is -0.0185. The van der Waals surface area contributed by atoms with Crippen LogP contribution in [0.15, 0.2) is 59.4 Å². The van der Waals surface area contributed by atoms with Crippen molar-refractivity contribution in [3.05, 3.63) is 83.4 Å². The predicted molar refractivity (Wildman–Crippen MR) is 103 cm³/mol. The number of aromatic nitrogens is 5. The van der Waals surface area contributed by atoms with Crippen molar-refractivity contribution in [3.63, 3.8) is 0 Å². The molecule has 10 heteroatoms. The fourth-order valence-electron chi connectivity index (χ4n) is 3.38. The average Bonchev–Trinajstić information content (AvgIpc) is 3.45. The first-order chi connectivity index (χ1) is 14.9. The van der Waals surface area contributed by atoms with Gasteiger partial charge in [0.15, 0.2) is 0 Å². The van der Waals surface area contributed by atoms with Gasteiger partial charge in [0.1, 0.15) is 35.0 Å². The molecule has 0 amide bonds. The maximum absolute atomic E-state index is 14.7. The highest BCUT2D eigenvalue weighted by atomic mass is 19.1. The van der Waals surface area contributed by atoms with Crippen molar-refractivity contribution in [3.8, 4) is 17.3 Å². The van der Waals surface area contributed by atoms with Crippen LogP contribution >= 0.6 is 0 Å². The van der Waals surface area contributed by atoms with E-state index in [1.165, 1.54) is 17.1 Å². The summed E-state index contributed by atoms with van der Waals surface area (Å²) in [6, 6.07) is 13.4. The number of benzene rings is 2. The molecule has 2 heterocycles. The van der Waals surface area contributed by atoms with Gasteiger partial charge in [-0.1, -0.05) is 30.3 Å². The molecule has 0 unspecified atom stereocenters. The number of tetrazole rings is 1. The second-order valence-corrected chi connectivity index (χ2v) is 7.08. The average molecular weight is 422 g/mol. The fraction of sp³-hybridized carbons (Fsp3) is 0.190. The quantitative estimate of drug-likeness (QED) is 0.508. The molecule has 0 aliphatic heterocycles. The maximum Gasteiger partial charge on any atom is 0.143 e. The van der Waals surface area contributed by atoms with Gasteiger partial charge in [0.05, 0.1) is 24.1 Å². The van der Waals surface area contributed by atoms with Gasteiger partial charge in [-0.05, 0) is 28.6 Å². The van der Waals surface area contributed by atoms with E-state index in [2.05, 4.69) is 20.7 Å². The summed E-state index contributed by atoms with van der Waals surface area (Å²) >= 11 is 0. The van der Waals surface area contributed by atoms with E-state index in [-0.39, 0.29) is 17.9 Å². The minimum Gasteiger partial charge on any atom is -0.382 e. The summed E-state index contributed by atoms with van der Waals surface area (Å²) in [5.74, 6) is -2.20. The summed E-state index contributed by atoms with van der Waals surface area (Å²) in [5, 5.41) is 35.4. The molecule has 0 bridgehead atoms. The van der Waals surface area contributed by atoms with Gasteiger partial charge in [-0.15, -0.1) is 5.10 Å². The molecule has 2 atom stereocenters. The lowest BCUT2D eigenvalue weighted by Crippen LogP contribution is -2.38. The van der Waals surface area contributed by atoms with Crippen LogP contribution in [0, 0.1) is 23.0 Å². The SMILES string of the molecule is C[C@@H](c1cc(-c2ccc(C#N)cc2)no1)[C@](O)(Cn1cnnn1)c1ccc(F)cc1F. The van der Waals surface area contributed by atoms with Crippen LogP contribution in [-0.2, 0) is 12.1 Å². The van der Waals surface area contributed by atoms with Crippen LogP contribution in [0.4, 0.5) is 8.78 Å². The number of halogens is 2. The zero-order valence-corrected chi connectivity index (χ0v) is 16.3. The Hall–Kier alpha value is -3.97. The topological polar surface area (TPSA) is 114 Å². The summed E-state index contributed by atoms with van der Waals surface area (Å²) < 4.78 is 34.8. The Morgan fingerprint density at radius 2 is 1.97 bits per heavy atom. The lowest BCUT2D eigenvalue weighted by atomic mass is 9.80. The molecule has 31 heavy (non-hydrogen) atoms. The van der Waals surface area contributed by atoms with Crippen molar-refractivity contribution in [2.75, 3.05) is 0 Å². The summed E-state index contributed by atoms with van der Waals surface area (Å²) in [6.07, 6.45) is 1.28. The van der Waals surface area contributed by atoms with Crippen LogP contribution in [-0.4, -0.2) is 30.5 Å². The number of nitrogens with zero attached hydrogens (tertiary/aromatic N) is 6. The Balaban J connectivity index is 1.73. The van der Waals surface area contributed by atoms with Crippen LogP contribution in [0.2, 0.25) is 0 Å². The largest absolute Gasteiger partial charge is 0.382 e. The zero-order chi connectivity index (χ0) is 22.0. The first-order valence-corrected chi connectivity index (χ1v) is 9.26. The molecule has 0 aliphatic rings. The maximum atomic E-state index is 14.7. The van der Waals surface area contributed by atoms with Crippen LogP contribution in [0.5, 0.6) is 0 Å². The minimum atomic E-state index is -1.88. The number of aliphatic hydroxyl groups is 1. The molecule has 0 saturated heterocycles. The molecule has 1 N–H and O–H groups in total. The highest BCUT2D eigenvalue weighted by Gasteiger charge is 2.42. The second-order valence-electron chi connectivity index (χ2n) is 7.08. The van der Waals surface area contributed by atoms with Crippen LogP contribution in [0.1, 0.15) is 29.7 Å². The van der Waals surface area contributed by atoms with Gasteiger partial charge < -0.3 is 9.63 Å². The van der Waals surface area contributed by atoms with Crippen LogP contribution in [0.3, 0.4) is 0 Å². The number of hydrogen-bond donors (Lipinski definition) is 1. The van der Waals surface area contributed by atoms with Crippen molar-refractivity contribution < 1.29 is 18.4 Å². The van der Waals surface area contributed by atoms with Gasteiger partial charge in [-0.25, -0.2) is 13.5 Å². The molecule has 4 rings (SSSR count). The van der Waals surface area contributed by atoms with Crippen molar-refractivity contribution in [1.82, 2.24) is 25.4 Å². The van der Waals surface area contributed by atoms with Gasteiger partial charge in [0.2, 0.25) is 0 Å². The first-order valence-electron chi connectivity index (χ1n) is 9.26. The predicted octanol–water partition coefficient (Wildman–Crippen LogP) is 3.17. The normalized spacial score (nSPS) is 14.0. The molecule has 0 saturated carbocycles. The Labute approximate surface area is 175 Å². The zero-order valence-electron chi connectivity index (χ0n) is 16.3. The van der Waals surface area contributed by atoms with E-state index in [9.17, 15) is 13.9 Å². The number of rotatable bonds is 6. The monoisotopic (exact) mass is 422 g/mol. The van der Waals surface area contributed by atoms with E-state index >= 15 is 0 Å². The molecule has 156 valence electrons. The van der Waals surface area contributed by atoms with E-state index in [4.69, 9.17) is 9.78 Å². The molecular weight excluding hydrogens is 406 g/mol. The molecule has 0 fully saturated rings. The standard InChI is InChI=1S/C21H16F2N6O2/c1-13(20-9-19(26-31-20)15-4-2-14(10-24)3-5-15)21(30,11-29-12-25-27-28-29)17-7-6-16(22)8-18(17)23/h2-9,12-13,30H,11H2,1H3/t13-,21+/m0/s1.